The van der Waals surface area contributed by atoms with Crippen molar-refractivity contribution in [3.05, 3.63) is 36.3 Å². The van der Waals surface area contributed by atoms with E-state index in [-0.39, 0.29) is 11.4 Å². The number of fused-ring (bicyclic) bond motifs is 2. The SMILES string of the molecule is O=C(NCc1cn2ccccc2n1)[C@@]12CCCCN1C[C@@H](NC1CCOCC1)C2. The molecule has 0 aliphatic carbocycles. The summed E-state index contributed by atoms with van der Waals surface area (Å²) in [4.78, 5) is 20.4. The molecule has 3 aliphatic heterocycles. The monoisotopic (exact) mass is 397 g/mol. The van der Waals surface area contributed by atoms with Gasteiger partial charge in [-0.2, -0.15) is 0 Å². The van der Waals surface area contributed by atoms with Crippen molar-refractivity contribution < 1.29 is 9.53 Å². The molecule has 5 heterocycles. The van der Waals surface area contributed by atoms with Gasteiger partial charge < -0.3 is 19.8 Å². The van der Waals surface area contributed by atoms with E-state index in [1.165, 1.54) is 6.42 Å². The smallest absolute Gasteiger partial charge is 0.240 e. The molecule has 2 aromatic rings. The Hall–Kier alpha value is -1.96. The van der Waals surface area contributed by atoms with Crippen molar-refractivity contribution in [2.75, 3.05) is 26.3 Å². The van der Waals surface area contributed by atoms with Crippen molar-refractivity contribution in [2.24, 2.45) is 0 Å². The van der Waals surface area contributed by atoms with Gasteiger partial charge in [0.15, 0.2) is 0 Å². The Balaban J connectivity index is 1.25. The second-order valence-corrected chi connectivity index (χ2v) is 8.77. The zero-order valence-electron chi connectivity index (χ0n) is 17.0. The number of pyridine rings is 1. The number of imidazole rings is 1. The highest BCUT2D eigenvalue weighted by Crippen LogP contribution is 2.38. The van der Waals surface area contributed by atoms with E-state index in [2.05, 4.69) is 20.5 Å². The van der Waals surface area contributed by atoms with Crippen LogP contribution in [0.1, 0.15) is 44.2 Å². The predicted octanol–water partition coefficient (Wildman–Crippen LogP) is 1.72. The molecule has 2 aromatic heterocycles. The summed E-state index contributed by atoms with van der Waals surface area (Å²) in [6.07, 6.45) is 10.3. The van der Waals surface area contributed by atoms with Crippen LogP contribution in [0.3, 0.4) is 0 Å². The Kier molecular flexibility index (Phi) is 5.28. The van der Waals surface area contributed by atoms with Gasteiger partial charge in [0.2, 0.25) is 5.91 Å². The third kappa shape index (κ3) is 3.79. The minimum atomic E-state index is -0.361. The van der Waals surface area contributed by atoms with Crippen molar-refractivity contribution in [2.45, 2.75) is 62.7 Å². The summed E-state index contributed by atoms with van der Waals surface area (Å²) in [7, 11) is 0. The van der Waals surface area contributed by atoms with Gasteiger partial charge in [-0.1, -0.05) is 6.07 Å². The molecule has 156 valence electrons. The van der Waals surface area contributed by atoms with Crippen LogP contribution in [0.4, 0.5) is 0 Å². The fourth-order valence-corrected chi connectivity index (χ4v) is 5.39. The highest BCUT2D eigenvalue weighted by Gasteiger charge is 2.51. The maximum absolute atomic E-state index is 13.4. The number of hydrogen-bond acceptors (Lipinski definition) is 5. The Morgan fingerprint density at radius 1 is 1.24 bits per heavy atom. The lowest BCUT2D eigenvalue weighted by atomic mass is 9.84. The topological polar surface area (TPSA) is 70.9 Å². The largest absolute Gasteiger partial charge is 0.381 e. The van der Waals surface area contributed by atoms with Gasteiger partial charge in [0.1, 0.15) is 11.2 Å². The third-order valence-corrected chi connectivity index (χ3v) is 6.86. The highest BCUT2D eigenvalue weighted by molar-refractivity contribution is 5.87. The minimum absolute atomic E-state index is 0.172. The fraction of sp³-hybridized carbons (Fsp3) is 0.636. The van der Waals surface area contributed by atoms with Crippen LogP contribution in [0, 0.1) is 0 Å². The number of nitrogens with one attached hydrogen (secondary N) is 2. The van der Waals surface area contributed by atoms with Gasteiger partial charge in [0.05, 0.1) is 12.2 Å². The molecule has 0 bridgehead atoms. The van der Waals surface area contributed by atoms with E-state index in [0.717, 1.165) is 69.7 Å². The Labute approximate surface area is 171 Å². The minimum Gasteiger partial charge on any atom is -0.381 e. The molecular formula is C22H31N5O2. The summed E-state index contributed by atoms with van der Waals surface area (Å²) < 4.78 is 7.49. The van der Waals surface area contributed by atoms with Crippen molar-refractivity contribution in [1.29, 1.82) is 0 Å². The van der Waals surface area contributed by atoms with E-state index in [9.17, 15) is 4.79 Å². The van der Waals surface area contributed by atoms with Crippen LogP contribution in [0.2, 0.25) is 0 Å². The normalized spacial score (nSPS) is 28.5. The Morgan fingerprint density at radius 3 is 3.00 bits per heavy atom. The Bertz CT molecular complexity index is 829. The van der Waals surface area contributed by atoms with Gasteiger partial charge >= 0.3 is 0 Å². The maximum Gasteiger partial charge on any atom is 0.240 e. The Morgan fingerprint density at radius 2 is 2.14 bits per heavy atom. The zero-order chi connectivity index (χ0) is 19.7. The average Bonchev–Trinajstić information content (AvgIpc) is 3.34. The maximum atomic E-state index is 13.4. The second kappa shape index (κ2) is 8.05. The number of rotatable bonds is 5. The summed E-state index contributed by atoms with van der Waals surface area (Å²) in [6.45, 7) is 4.17. The van der Waals surface area contributed by atoms with Crippen molar-refractivity contribution in [3.8, 4) is 0 Å². The van der Waals surface area contributed by atoms with Crippen molar-refractivity contribution >= 4 is 11.6 Å². The molecule has 5 rings (SSSR count). The lowest BCUT2D eigenvalue weighted by molar-refractivity contribution is -0.134. The van der Waals surface area contributed by atoms with E-state index in [1.807, 2.05) is 35.0 Å². The number of aromatic nitrogens is 2. The molecule has 0 spiro atoms. The van der Waals surface area contributed by atoms with Gasteiger partial charge in [-0.15, -0.1) is 0 Å². The molecule has 0 saturated carbocycles. The van der Waals surface area contributed by atoms with Crippen LogP contribution in [0.5, 0.6) is 0 Å². The summed E-state index contributed by atoms with van der Waals surface area (Å²) >= 11 is 0. The van der Waals surface area contributed by atoms with Crippen molar-refractivity contribution in [3.63, 3.8) is 0 Å². The highest BCUT2D eigenvalue weighted by atomic mass is 16.5. The molecule has 0 radical (unpaired) electrons. The van der Waals surface area contributed by atoms with Crippen molar-refractivity contribution in [1.82, 2.24) is 24.9 Å². The molecule has 2 N–H and O–H groups in total. The van der Waals surface area contributed by atoms with Gasteiger partial charge in [-0.3, -0.25) is 9.69 Å². The summed E-state index contributed by atoms with van der Waals surface area (Å²) in [5.41, 5.74) is 1.45. The summed E-state index contributed by atoms with van der Waals surface area (Å²) in [6, 6.07) is 6.86. The van der Waals surface area contributed by atoms with Crippen LogP contribution in [0.25, 0.3) is 5.65 Å². The van der Waals surface area contributed by atoms with Gasteiger partial charge in [0, 0.05) is 44.2 Å². The molecule has 7 nitrogen and oxygen atoms in total. The third-order valence-electron chi connectivity index (χ3n) is 6.86. The second-order valence-electron chi connectivity index (χ2n) is 8.77. The number of amides is 1. The number of carbonyl (C=O) groups is 1. The van der Waals surface area contributed by atoms with Crippen LogP contribution in [-0.4, -0.2) is 64.1 Å². The standard InChI is InChI=1S/C22H31N5O2/c28-21(23-14-19-15-26-9-3-1-5-20(26)25-19)22-8-2-4-10-27(22)16-18(13-22)24-17-6-11-29-12-7-17/h1,3,5,9,15,17-18,24H,2,4,6-8,10-14,16H2,(H,23,28)/t18-,22-/m0/s1. The van der Waals surface area contributed by atoms with Gasteiger partial charge in [0.25, 0.3) is 0 Å². The number of carbonyl (C=O) groups excluding carboxylic acids is 1. The van der Waals surface area contributed by atoms with E-state index in [0.29, 0.717) is 18.6 Å². The van der Waals surface area contributed by atoms with E-state index in [1.54, 1.807) is 0 Å². The number of nitrogens with zero attached hydrogens (tertiary/aromatic N) is 3. The first kappa shape index (κ1) is 19.0. The van der Waals surface area contributed by atoms with Crippen LogP contribution >= 0.6 is 0 Å². The first-order chi connectivity index (χ1) is 14.2. The molecule has 1 amide bonds. The van der Waals surface area contributed by atoms with E-state index < -0.39 is 0 Å². The van der Waals surface area contributed by atoms with Crippen LogP contribution in [0.15, 0.2) is 30.6 Å². The molecule has 0 unspecified atom stereocenters. The van der Waals surface area contributed by atoms with Gasteiger partial charge in [-0.25, -0.2) is 4.98 Å². The molecule has 29 heavy (non-hydrogen) atoms. The summed E-state index contributed by atoms with van der Waals surface area (Å²) in [5.74, 6) is 0.172. The first-order valence-electron chi connectivity index (χ1n) is 11.0. The van der Waals surface area contributed by atoms with E-state index in [4.69, 9.17) is 4.74 Å². The zero-order valence-corrected chi connectivity index (χ0v) is 17.0. The molecular weight excluding hydrogens is 366 g/mol. The molecule has 2 atom stereocenters. The predicted molar refractivity (Wildman–Crippen MR) is 111 cm³/mol. The first-order valence-corrected chi connectivity index (χ1v) is 11.0. The van der Waals surface area contributed by atoms with Crippen LogP contribution in [-0.2, 0) is 16.1 Å². The molecule has 3 saturated heterocycles. The molecule has 7 heteroatoms. The quantitative estimate of drug-likeness (QED) is 0.804. The number of hydrogen-bond donors (Lipinski definition) is 2. The molecule has 0 aromatic carbocycles. The fourth-order valence-electron chi connectivity index (χ4n) is 5.39. The summed E-state index contributed by atoms with van der Waals surface area (Å²) in [5, 5.41) is 7.04. The number of ether oxygens (including phenoxy) is 1. The van der Waals surface area contributed by atoms with E-state index >= 15 is 0 Å². The molecule has 3 aliphatic rings. The van der Waals surface area contributed by atoms with Gasteiger partial charge in [-0.05, 0) is 57.2 Å². The number of piperidine rings is 1. The average molecular weight is 398 g/mol. The lowest BCUT2D eigenvalue weighted by Gasteiger charge is -2.40. The van der Waals surface area contributed by atoms with Crippen LogP contribution < -0.4 is 10.6 Å². The lowest BCUT2D eigenvalue weighted by Crippen LogP contribution is -2.57. The molecule has 3 fully saturated rings.